The summed E-state index contributed by atoms with van der Waals surface area (Å²) in [4.78, 5) is 49.3. The van der Waals surface area contributed by atoms with Gasteiger partial charge in [-0.2, -0.15) is 0 Å². The fourth-order valence-corrected chi connectivity index (χ4v) is 5.06. The highest BCUT2D eigenvalue weighted by atomic mass is 35.5. The second-order valence-corrected chi connectivity index (χ2v) is 8.93. The van der Waals surface area contributed by atoms with Crippen molar-refractivity contribution in [3.63, 3.8) is 0 Å². The van der Waals surface area contributed by atoms with Crippen molar-refractivity contribution in [3.05, 3.63) is 86.6 Å². The van der Waals surface area contributed by atoms with Crippen LogP contribution < -0.4 is 5.32 Å². The van der Waals surface area contributed by atoms with Gasteiger partial charge in [0.15, 0.2) is 0 Å². The van der Waals surface area contributed by atoms with Crippen molar-refractivity contribution in [1.29, 1.82) is 0 Å². The molecule has 4 rings (SSSR count). The highest BCUT2D eigenvalue weighted by Gasteiger charge is 2.54. The number of hydrogen-bond donors (Lipinski definition) is 1. The summed E-state index contributed by atoms with van der Waals surface area (Å²) in [6.45, 7) is -0.137. The number of β-lactam (4-membered cyclic amide) rings is 1. The van der Waals surface area contributed by atoms with Crippen molar-refractivity contribution in [2.45, 2.75) is 24.4 Å². The summed E-state index contributed by atoms with van der Waals surface area (Å²) in [7, 11) is 0. The maximum absolute atomic E-state index is 12.8. The van der Waals surface area contributed by atoms with Gasteiger partial charge in [0.2, 0.25) is 5.91 Å². The summed E-state index contributed by atoms with van der Waals surface area (Å²) in [5.41, 5.74) is 1.26. The third-order valence-corrected chi connectivity index (χ3v) is 6.91. The van der Waals surface area contributed by atoms with Gasteiger partial charge in [-0.15, -0.1) is 11.8 Å². The van der Waals surface area contributed by atoms with E-state index in [1.54, 1.807) is 0 Å². The van der Waals surface area contributed by atoms with Gasteiger partial charge in [-0.1, -0.05) is 41.9 Å². The van der Waals surface area contributed by atoms with Crippen LogP contribution in [0.5, 0.6) is 0 Å². The quantitative estimate of drug-likeness (QED) is 0.276. The van der Waals surface area contributed by atoms with Gasteiger partial charge < -0.3 is 10.1 Å². The third kappa shape index (κ3) is 4.86. The molecule has 2 aliphatic heterocycles. The van der Waals surface area contributed by atoms with Gasteiger partial charge in [0.1, 0.15) is 23.7 Å². The summed E-state index contributed by atoms with van der Waals surface area (Å²) in [5.74, 6) is -1.20. The minimum absolute atomic E-state index is 0.0408. The van der Waals surface area contributed by atoms with E-state index in [0.717, 1.165) is 5.56 Å². The van der Waals surface area contributed by atoms with E-state index < -0.39 is 28.2 Å². The Balaban J connectivity index is 1.37. The van der Waals surface area contributed by atoms with Gasteiger partial charge in [0.05, 0.1) is 16.4 Å². The van der Waals surface area contributed by atoms with Crippen LogP contribution in [0.3, 0.4) is 0 Å². The van der Waals surface area contributed by atoms with Crippen LogP contribution in [0.25, 0.3) is 0 Å². The highest BCUT2D eigenvalue weighted by Crippen LogP contribution is 2.41. The lowest BCUT2D eigenvalue weighted by Gasteiger charge is -2.49. The molecule has 2 heterocycles. The number of carbonyl (C=O) groups excluding carboxylic acids is 3. The van der Waals surface area contributed by atoms with Gasteiger partial charge in [-0.25, -0.2) is 4.79 Å². The fourth-order valence-electron chi connectivity index (χ4n) is 3.51. The summed E-state index contributed by atoms with van der Waals surface area (Å²) < 4.78 is 5.29. The van der Waals surface area contributed by atoms with Crippen LogP contribution >= 0.6 is 23.4 Å². The second-order valence-electron chi connectivity index (χ2n) is 7.37. The van der Waals surface area contributed by atoms with Crippen molar-refractivity contribution in [2.24, 2.45) is 0 Å². The number of esters is 1. The molecule has 2 atom stereocenters. The van der Waals surface area contributed by atoms with E-state index in [1.165, 1.54) is 40.9 Å². The number of nitro groups is 1. The van der Waals surface area contributed by atoms with E-state index >= 15 is 0 Å². The smallest absolute Gasteiger partial charge is 0.356 e. The number of ether oxygens (including phenoxy) is 1. The Hall–Kier alpha value is -3.37. The Morgan fingerprint density at radius 2 is 1.85 bits per heavy atom. The SMILES string of the molecule is O=C(Cc1ccccc1)N[C@@H]1C(=O)N2C(C(=O)OCc3ccc([N+](=O)[O-])cc3)=C(Cl)CS[C@H]12. The minimum atomic E-state index is -0.772. The van der Waals surface area contributed by atoms with Crippen LogP contribution in [0.2, 0.25) is 0 Å². The van der Waals surface area contributed by atoms with Crippen molar-refractivity contribution in [2.75, 3.05) is 5.75 Å². The number of amides is 2. The molecule has 1 N–H and O–H groups in total. The monoisotopic (exact) mass is 487 g/mol. The van der Waals surface area contributed by atoms with Crippen LogP contribution in [-0.2, 0) is 32.1 Å². The standard InChI is InChI=1S/C22H18ClN3O6S/c23-16-12-33-21-18(24-17(27)10-13-4-2-1-3-5-13)20(28)25(21)19(16)22(29)32-11-14-6-8-15(9-7-14)26(30)31/h1-9,18,21H,10-12H2,(H,24,27)/t18-,21-/m1/s1. The normalized spacial score (nSPS) is 19.4. The average molecular weight is 488 g/mol. The molecule has 0 aliphatic carbocycles. The lowest BCUT2D eigenvalue weighted by Crippen LogP contribution is -2.70. The van der Waals surface area contributed by atoms with E-state index in [0.29, 0.717) is 11.3 Å². The maximum atomic E-state index is 12.8. The lowest BCUT2D eigenvalue weighted by molar-refractivity contribution is -0.384. The molecule has 0 radical (unpaired) electrons. The Kier molecular flexibility index (Phi) is 6.66. The number of nitrogens with zero attached hydrogens (tertiary/aromatic N) is 2. The van der Waals surface area contributed by atoms with Gasteiger partial charge in [-0.05, 0) is 23.3 Å². The molecule has 0 spiro atoms. The number of fused-ring (bicyclic) bond motifs is 1. The first-order valence-electron chi connectivity index (χ1n) is 9.92. The van der Waals surface area contributed by atoms with Crippen molar-refractivity contribution in [1.82, 2.24) is 10.2 Å². The Morgan fingerprint density at radius 3 is 2.52 bits per heavy atom. The van der Waals surface area contributed by atoms with E-state index in [4.69, 9.17) is 16.3 Å². The van der Waals surface area contributed by atoms with Gasteiger partial charge in [-0.3, -0.25) is 24.6 Å². The number of hydrogen-bond acceptors (Lipinski definition) is 7. The van der Waals surface area contributed by atoms with Crippen LogP contribution in [0, 0.1) is 10.1 Å². The van der Waals surface area contributed by atoms with Crippen LogP contribution in [0.15, 0.2) is 65.3 Å². The van der Waals surface area contributed by atoms with Crippen molar-refractivity contribution >= 4 is 46.8 Å². The minimum Gasteiger partial charge on any atom is -0.456 e. The largest absolute Gasteiger partial charge is 0.456 e. The summed E-state index contributed by atoms with van der Waals surface area (Å²) in [6, 6.07) is 14.0. The molecular formula is C22H18ClN3O6S. The molecular weight excluding hydrogens is 470 g/mol. The number of carbonyl (C=O) groups is 3. The number of rotatable bonds is 7. The van der Waals surface area contributed by atoms with E-state index in [9.17, 15) is 24.5 Å². The van der Waals surface area contributed by atoms with Crippen molar-refractivity contribution < 1.29 is 24.0 Å². The molecule has 2 aromatic carbocycles. The first-order valence-corrected chi connectivity index (χ1v) is 11.3. The number of halogens is 1. The zero-order valence-corrected chi connectivity index (χ0v) is 18.7. The fraction of sp³-hybridized carbons (Fsp3) is 0.227. The molecule has 1 saturated heterocycles. The molecule has 11 heteroatoms. The number of non-ortho nitro benzene ring substituents is 1. The van der Waals surface area contributed by atoms with Crippen LogP contribution in [0.4, 0.5) is 5.69 Å². The van der Waals surface area contributed by atoms with E-state index in [2.05, 4.69) is 5.32 Å². The molecule has 0 aromatic heterocycles. The molecule has 0 unspecified atom stereocenters. The molecule has 33 heavy (non-hydrogen) atoms. The Morgan fingerprint density at radius 1 is 1.15 bits per heavy atom. The zero-order chi connectivity index (χ0) is 23.5. The first kappa shape index (κ1) is 22.8. The van der Waals surface area contributed by atoms with E-state index in [-0.39, 0.29) is 35.4 Å². The molecule has 2 aliphatic rings. The van der Waals surface area contributed by atoms with Gasteiger partial charge in [0.25, 0.3) is 11.6 Å². The molecule has 170 valence electrons. The third-order valence-electron chi connectivity index (χ3n) is 5.16. The Bertz CT molecular complexity index is 1140. The highest BCUT2D eigenvalue weighted by molar-refractivity contribution is 8.00. The van der Waals surface area contributed by atoms with Crippen LogP contribution in [-0.4, -0.2) is 44.8 Å². The van der Waals surface area contributed by atoms with Crippen LogP contribution in [0.1, 0.15) is 11.1 Å². The Labute approximate surface area is 197 Å². The van der Waals surface area contributed by atoms with Gasteiger partial charge >= 0.3 is 5.97 Å². The zero-order valence-electron chi connectivity index (χ0n) is 17.1. The molecule has 0 bridgehead atoms. The predicted molar refractivity (Wildman–Crippen MR) is 121 cm³/mol. The maximum Gasteiger partial charge on any atom is 0.356 e. The molecule has 0 saturated carbocycles. The number of nitro benzene ring substituents is 1. The number of nitrogens with one attached hydrogen (secondary N) is 1. The number of thioether (sulfide) groups is 1. The van der Waals surface area contributed by atoms with E-state index in [1.807, 2.05) is 30.3 Å². The molecule has 2 amide bonds. The second kappa shape index (κ2) is 9.63. The molecule has 1 fully saturated rings. The molecule has 2 aromatic rings. The predicted octanol–water partition coefficient (Wildman–Crippen LogP) is 2.73. The molecule has 9 nitrogen and oxygen atoms in total. The number of benzene rings is 2. The summed E-state index contributed by atoms with van der Waals surface area (Å²) in [5, 5.41) is 13.2. The summed E-state index contributed by atoms with van der Waals surface area (Å²) >= 11 is 7.59. The summed E-state index contributed by atoms with van der Waals surface area (Å²) in [6.07, 6.45) is 0.142. The van der Waals surface area contributed by atoms with Gasteiger partial charge in [0, 0.05) is 17.9 Å². The lowest BCUT2D eigenvalue weighted by atomic mass is 10.0. The average Bonchev–Trinajstić information content (AvgIpc) is 2.81. The van der Waals surface area contributed by atoms with Crippen molar-refractivity contribution in [3.8, 4) is 0 Å². The first-order chi connectivity index (χ1) is 15.8. The topological polar surface area (TPSA) is 119 Å².